The highest BCUT2D eigenvalue weighted by Gasteiger charge is 2.56. The number of likely N-dealkylation sites (tertiary alicyclic amines) is 1. The monoisotopic (exact) mass is 420 g/mol. The molecule has 7 heteroatoms. The maximum Gasteiger partial charge on any atom is 0.416 e. The predicted octanol–water partition coefficient (Wildman–Crippen LogP) is 4.85. The number of benzene rings is 1. The zero-order chi connectivity index (χ0) is 21.1. The normalized spacial score (nSPS) is 35.0. The molecule has 0 aromatic heterocycles. The Hall–Kier alpha value is -2.05. The van der Waals surface area contributed by atoms with Crippen LogP contribution in [-0.2, 0) is 15.8 Å². The molecule has 1 aromatic rings. The average molecular weight is 420 g/mol. The molecule has 1 heterocycles. The van der Waals surface area contributed by atoms with Gasteiger partial charge in [-0.1, -0.05) is 6.07 Å². The molecule has 30 heavy (non-hydrogen) atoms. The van der Waals surface area contributed by atoms with Crippen LogP contribution < -0.4 is 5.32 Å². The molecule has 2 amide bonds. The van der Waals surface area contributed by atoms with Crippen LogP contribution in [0.2, 0.25) is 0 Å². The third-order valence-electron chi connectivity index (χ3n) is 7.77. The van der Waals surface area contributed by atoms with Crippen molar-refractivity contribution in [3.8, 4) is 0 Å². The number of halogens is 3. The molecule has 5 fully saturated rings. The van der Waals surface area contributed by atoms with Crippen LogP contribution in [0.25, 0.3) is 0 Å². The first-order chi connectivity index (χ1) is 14.2. The summed E-state index contributed by atoms with van der Waals surface area (Å²) < 4.78 is 38.9. The van der Waals surface area contributed by atoms with Gasteiger partial charge in [0.15, 0.2) is 0 Å². The molecule has 0 radical (unpaired) electrons. The van der Waals surface area contributed by atoms with E-state index in [-0.39, 0.29) is 22.9 Å². The third kappa shape index (κ3) is 3.40. The highest BCUT2D eigenvalue weighted by molar-refractivity contribution is 5.98. The van der Waals surface area contributed by atoms with Crippen molar-refractivity contribution in [2.45, 2.75) is 63.6 Å². The summed E-state index contributed by atoms with van der Waals surface area (Å²) in [6, 6.07) is 4.06. The number of carbonyl (C=O) groups is 2. The smallest absolute Gasteiger partial charge is 0.330 e. The van der Waals surface area contributed by atoms with Crippen LogP contribution in [-0.4, -0.2) is 29.3 Å². The number of hydrogen-bond acceptors (Lipinski definition) is 2. The lowest BCUT2D eigenvalue weighted by Crippen LogP contribution is -2.56. The second kappa shape index (κ2) is 6.99. The van der Waals surface area contributed by atoms with Gasteiger partial charge in [-0.15, -0.1) is 0 Å². The van der Waals surface area contributed by atoms with Gasteiger partial charge in [0.1, 0.15) is 6.04 Å². The first-order valence-corrected chi connectivity index (χ1v) is 11.0. The van der Waals surface area contributed by atoms with E-state index in [0.717, 1.165) is 37.8 Å². The van der Waals surface area contributed by atoms with Crippen LogP contribution in [0.4, 0.5) is 18.9 Å². The molecule has 1 aliphatic heterocycles. The van der Waals surface area contributed by atoms with Crippen molar-refractivity contribution < 1.29 is 22.8 Å². The highest BCUT2D eigenvalue weighted by Crippen LogP contribution is 2.60. The summed E-state index contributed by atoms with van der Waals surface area (Å²) >= 11 is 0. The van der Waals surface area contributed by atoms with Gasteiger partial charge in [0, 0.05) is 12.2 Å². The van der Waals surface area contributed by atoms with E-state index in [1.54, 1.807) is 4.90 Å². The Balaban J connectivity index is 1.32. The minimum Gasteiger partial charge on any atom is -0.330 e. The van der Waals surface area contributed by atoms with E-state index in [0.29, 0.717) is 30.7 Å². The van der Waals surface area contributed by atoms with Crippen LogP contribution >= 0.6 is 0 Å². The Morgan fingerprint density at radius 3 is 2.27 bits per heavy atom. The lowest BCUT2D eigenvalue weighted by Gasteiger charge is -2.56. The number of amides is 2. The summed E-state index contributed by atoms with van der Waals surface area (Å²) in [6.45, 7) is 0.557. The van der Waals surface area contributed by atoms with E-state index in [1.807, 2.05) is 0 Å². The summed E-state index contributed by atoms with van der Waals surface area (Å²) in [5, 5.41) is 2.62. The van der Waals surface area contributed by atoms with E-state index in [9.17, 15) is 22.8 Å². The van der Waals surface area contributed by atoms with Crippen LogP contribution in [0.15, 0.2) is 24.3 Å². The number of hydrogen-bond donors (Lipinski definition) is 1. The van der Waals surface area contributed by atoms with Crippen LogP contribution in [0, 0.1) is 23.2 Å². The maximum absolute atomic E-state index is 13.6. The fourth-order valence-corrected chi connectivity index (χ4v) is 6.96. The molecule has 1 atom stereocenters. The molecule has 1 saturated heterocycles. The Labute approximate surface area is 174 Å². The topological polar surface area (TPSA) is 49.4 Å². The maximum atomic E-state index is 13.6. The Morgan fingerprint density at radius 2 is 1.67 bits per heavy atom. The zero-order valence-electron chi connectivity index (χ0n) is 16.9. The van der Waals surface area contributed by atoms with Gasteiger partial charge in [0.2, 0.25) is 11.8 Å². The number of nitrogens with zero attached hydrogens (tertiary/aromatic N) is 1. The van der Waals surface area contributed by atoms with Crippen molar-refractivity contribution >= 4 is 17.5 Å². The molecular weight excluding hydrogens is 393 g/mol. The number of carbonyl (C=O) groups excluding carboxylic acids is 2. The third-order valence-corrected chi connectivity index (χ3v) is 7.77. The lowest BCUT2D eigenvalue weighted by atomic mass is 9.49. The first-order valence-electron chi connectivity index (χ1n) is 11.0. The molecular formula is C23H27F3N2O2. The van der Waals surface area contributed by atoms with Crippen molar-refractivity contribution in [3.05, 3.63) is 29.8 Å². The van der Waals surface area contributed by atoms with Gasteiger partial charge in [0.25, 0.3) is 0 Å². The molecule has 4 aliphatic carbocycles. The minimum atomic E-state index is -4.46. The largest absolute Gasteiger partial charge is 0.416 e. The molecule has 1 aromatic carbocycles. The molecule has 5 aliphatic rings. The zero-order valence-corrected chi connectivity index (χ0v) is 16.9. The van der Waals surface area contributed by atoms with Crippen molar-refractivity contribution in [2.75, 3.05) is 11.9 Å². The van der Waals surface area contributed by atoms with E-state index in [4.69, 9.17) is 0 Å². The second-order valence-corrected chi connectivity index (χ2v) is 9.92. The van der Waals surface area contributed by atoms with Gasteiger partial charge >= 0.3 is 6.18 Å². The molecule has 1 N–H and O–H groups in total. The highest BCUT2D eigenvalue weighted by atomic mass is 19.4. The molecule has 6 rings (SSSR count). The van der Waals surface area contributed by atoms with E-state index in [1.165, 1.54) is 31.4 Å². The quantitative estimate of drug-likeness (QED) is 0.760. The Kier molecular flexibility index (Phi) is 4.63. The fraction of sp³-hybridized carbons (Fsp3) is 0.652. The van der Waals surface area contributed by atoms with Gasteiger partial charge in [-0.2, -0.15) is 13.2 Å². The van der Waals surface area contributed by atoms with Crippen molar-refractivity contribution in [2.24, 2.45) is 23.2 Å². The Bertz CT molecular complexity index is 831. The average Bonchev–Trinajstić information content (AvgIpc) is 3.15. The molecule has 4 bridgehead atoms. The SMILES string of the molecule is O=C(Nc1cccc(C(F)(F)F)c1)[C@@H]1CCCN1C(=O)C12CC3CC(CC(C3)C1)C2. The van der Waals surface area contributed by atoms with E-state index >= 15 is 0 Å². The van der Waals surface area contributed by atoms with E-state index < -0.39 is 17.8 Å². The summed E-state index contributed by atoms with van der Waals surface area (Å²) in [7, 11) is 0. The molecule has 0 spiro atoms. The number of alkyl halides is 3. The van der Waals surface area contributed by atoms with Gasteiger partial charge in [-0.25, -0.2) is 0 Å². The predicted molar refractivity (Wildman–Crippen MR) is 105 cm³/mol. The number of rotatable bonds is 3. The van der Waals surface area contributed by atoms with Crippen molar-refractivity contribution in [3.63, 3.8) is 0 Å². The Morgan fingerprint density at radius 1 is 1.03 bits per heavy atom. The summed E-state index contributed by atoms with van der Waals surface area (Å²) in [4.78, 5) is 28.3. The van der Waals surface area contributed by atoms with Crippen LogP contribution in [0.5, 0.6) is 0 Å². The summed E-state index contributed by atoms with van der Waals surface area (Å²) in [6.07, 6.45) is 3.39. The molecule has 162 valence electrons. The summed E-state index contributed by atoms with van der Waals surface area (Å²) in [5.41, 5.74) is -0.995. The van der Waals surface area contributed by atoms with Crippen molar-refractivity contribution in [1.82, 2.24) is 4.90 Å². The van der Waals surface area contributed by atoms with E-state index in [2.05, 4.69) is 5.32 Å². The number of nitrogens with one attached hydrogen (secondary N) is 1. The number of anilines is 1. The second-order valence-electron chi connectivity index (χ2n) is 9.92. The first kappa shape index (κ1) is 19.9. The molecule has 4 saturated carbocycles. The molecule has 4 nitrogen and oxygen atoms in total. The lowest BCUT2D eigenvalue weighted by molar-refractivity contribution is -0.160. The van der Waals surface area contributed by atoms with Gasteiger partial charge in [0.05, 0.1) is 11.0 Å². The van der Waals surface area contributed by atoms with Gasteiger partial charge in [-0.3, -0.25) is 9.59 Å². The summed E-state index contributed by atoms with van der Waals surface area (Å²) in [5.74, 6) is 1.65. The van der Waals surface area contributed by atoms with Crippen LogP contribution in [0.1, 0.15) is 56.9 Å². The standard InChI is InChI=1S/C23H27F3N2O2/c24-23(25,26)17-3-1-4-18(10-17)27-20(29)19-5-2-6-28(19)21(30)22-11-14-7-15(12-22)9-16(8-14)13-22/h1,3-4,10,14-16,19H,2,5-9,11-13H2,(H,27,29)/t14?,15?,16?,19-,22?/m0/s1. The molecule has 0 unspecified atom stereocenters. The van der Waals surface area contributed by atoms with Gasteiger partial charge in [-0.05, 0) is 87.3 Å². The fourth-order valence-electron chi connectivity index (χ4n) is 6.96. The van der Waals surface area contributed by atoms with Crippen LogP contribution in [0.3, 0.4) is 0 Å². The minimum absolute atomic E-state index is 0.114. The van der Waals surface area contributed by atoms with Gasteiger partial charge < -0.3 is 10.2 Å². The van der Waals surface area contributed by atoms with Crippen molar-refractivity contribution in [1.29, 1.82) is 0 Å².